The highest BCUT2D eigenvalue weighted by molar-refractivity contribution is 5.90. The number of nitrogens with two attached hydrogens (primary N) is 1. The van der Waals surface area contributed by atoms with Crippen molar-refractivity contribution in [1.29, 1.82) is 0 Å². The SMILES string of the molecule is CCCc1nc(C(=O)N2CCC(OCCCN)CC2)n[nH]1. The molecule has 0 bridgehead atoms. The van der Waals surface area contributed by atoms with E-state index in [2.05, 4.69) is 22.1 Å². The Morgan fingerprint density at radius 2 is 2.24 bits per heavy atom. The molecule has 0 atom stereocenters. The Labute approximate surface area is 125 Å². The number of H-pyrrole nitrogens is 1. The van der Waals surface area contributed by atoms with Gasteiger partial charge in [0.25, 0.3) is 5.91 Å². The minimum Gasteiger partial charge on any atom is -0.378 e. The number of likely N-dealkylation sites (tertiary alicyclic amines) is 1. The lowest BCUT2D eigenvalue weighted by atomic mass is 10.1. The van der Waals surface area contributed by atoms with Gasteiger partial charge < -0.3 is 15.4 Å². The van der Waals surface area contributed by atoms with Crippen molar-refractivity contribution < 1.29 is 9.53 Å². The molecule has 0 aliphatic carbocycles. The average molecular weight is 295 g/mol. The molecule has 3 N–H and O–H groups in total. The van der Waals surface area contributed by atoms with Gasteiger partial charge in [0.1, 0.15) is 5.82 Å². The largest absolute Gasteiger partial charge is 0.378 e. The number of nitrogens with one attached hydrogen (secondary N) is 1. The van der Waals surface area contributed by atoms with Crippen LogP contribution in [0.5, 0.6) is 0 Å². The average Bonchev–Trinajstić information content (AvgIpc) is 2.97. The van der Waals surface area contributed by atoms with Gasteiger partial charge in [0.05, 0.1) is 6.10 Å². The highest BCUT2D eigenvalue weighted by atomic mass is 16.5. The van der Waals surface area contributed by atoms with Crippen LogP contribution in [0.3, 0.4) is 0 Å². The van der Waals surface area contributed by atoms with E-state index in [9.17, 15) is 4.79 Å². The molecule has 2 heterocycles. The highest BCUT2D eigenvalue weighted by Crippen LogP contribution is 2.15. The summed E-state index contributed by atoms with van der Waals surface area (Å²) in [4.78, 5) is 18.4. The van der Waals surface area contributed by atoms with Gasteiger partial charge >= 0.3 is 0 Å². The van der Waals surface area contributed by atoms with Crippen LogP contribution in [0, 0.1) is 0 Å². The van der Waals surface area contributed by atoms with Crippen molar-refractivity contribution in [2.45, 2.75) is 45.1 Å². The normalized spacial score (nSPS) is 16.4. The fraction of sp³-hybridized carbons (Fsp3) is 0.786. The third-order valence-electron chi connectivity index (χ3n) is 3.64. The van der Waals surface area contributed by atoms with Crippen LogP contribution in [-0.4, -0.2) is 58.3 Å². The molecule has 1 aromatic heterocycles. The summed E-state index contributed by atoms with van der Waals surface area (Å²) in [5.74, 6) is 0.968. The third-order valence-corrected chi connectivity index (χ3v) is 3.64. The minimum atomic E-state index is -0.0889. The van der Waals surface area contributed by atoms with Crippen molar-refractivity contribution in [3.63, 3.8) is 0 Å². The van der Waals surface area contributed by atoms with Gasteiger partial charge in [-0.3, -0.25) is 9.89 Å². The number of hydrogen-bond donors (Lipinski definition) is 2. The van der Waals surface area contributed by atoms with Gasteiger partial charge in [-0.15, -0.1) is 5.10 Å². The molecule has 21 heavy (non-hydrogen) atoms. The number of amides is 1. The number of aromatic nitrogens is 3. The fourth-order valence-electron chi connectivity index (χ4n) is 2.44. The molecule has 7 heteroatoms. The molecule has 2 rings (SSSR count). The van der Waals surface area contributed by atoms with Gasteiger partial charge in [0.15, 0.2) is 0 Å². The van der Waals surface area contributed by atoms with Crippen LogP contribution in [0.2, 0.25) is 0 Å². The second-order valence-corrected chi connectivity index (χ2v) is 5.36. The maximum atomic E-state index is 12.3. The number of carbonyl (C=O) groups excluding carboxylic acids is 1. The quantitative estimate of drug-likeness (QED) is 0.723. The number of hydrogen-bond acceptors (Lipinski definition) is 5. The second-order valence-electron chi connectivity index (χ2n) is 5.36. The molecule has 118 valence electrons. The van der Waals surface area contributed by atoms with Gasteiger partial charge in [-0.1, -0.05) is 6.92 Å². The van der Waals surface area contributed by atoms with Gasteiger partial charge in [-0.05, 0) is 32.2 Å². The predicted molar refractivity (Wildman–Crippen MR) is 78.9 cm³/mol. The lowest BCUT2D eigenvalue weighted by molar-refractivity contribution is 0.00813. The Bertz CT molecular complexity index is 440. The maximum absolute atomic E-state index is 12.3. The zero-order valence-corrected chi connectivity index (χ0v) is 12.7. The molecule has 7 nitrogen and oxygen atoms in total. The van der Waals surface area contributed by atoms with Crippen LogP contribution in [0.4, 0.5) is 0 Å². The standard InChI is InChI=1S/C14H25N5O2/c1-2-4-12-16-13(18-17-12)14(20)19-8-5-11(6-9-19)21-10-3-7-15/h11H,2-10,15H2,1H3,(H,16,17,18). The molecular formula is C14H25N5O2. The van der Waals surface area contributed by atoms with Gasteiger partial charge in [-0.25, -0.2) is 4.98 Å². The van der Waals surface area contributed by atoms with Gasteiger partial charge in [0, 0.05) is 26.1 Å². The number of ether oxygens (including phenoxy) is 1. The molecule has 0 unspecified atom stereocenters. The van der Waals surface area contributed by atoms with Crippen LogP contribution in [0.1, 0.15) is 49.1 Å². The Balaban J connectivity index is 1.79. The topological polar surface area (TPSA) is 97.1 Å². The van der Waals surface area contributed by atoms with Crippen LogP contribution in [0.25, 0.3) is 0 Å². The van der Waals surface area contributed by atoms with Crippen molar-refractivity contribution in [3.05, 3.63) is 11.6 Å². The summed E-state index contributed by atoms with van der Waals surface area (Å²) < 4.78 is 5.74. The van der Waals surface area contributed by atoms with E-state index >= 15 is 0 Å². The molecular weight excluding hydrogens is 270 g/mol. The molecule has 0 aromatic carbocycles. The van der Waals surface area contributed by atoms with Crippen LogP contribution in [-0.2, 0) is 11.2 Å². The van der Waals surface area contributed by atoms with E-state index in [1.807, 2.05) is 4.90 Å². The molecule has 1 saturated heterocycles. The third kappa shape index (κ3) is 4.50. The zero-order valence-electron chi connectivity index (χ0n) is 12.7. The molecule has 0 saturated carbocycles. The van der Waals surface area contributed by atoms with Crippen molar-refractivity contribution in [2.24, 2.45) is 5.73 Å². The Morgan fingerprint density at radius 1 is 1.48 bits per heavy atom. The summed E-state index contributed by atoms with van der Waals surface area (Å²) in [5.41, 5.74) is 5.44. The first kappa shape index (κ1) is 15.9. The zero-order chi connectivity index (χ0) is 15.1. The van der Waals surface area contributed by atoms with Gasteiger partial charge in [0.2, 0.25) is 5.82 Å². The smallest absolute Gasteiger partial charge is 0.293 e. The van der Waals surface area contributed by atoms with Crippen molar-refractivity contribution in [2.75, 3.05) is 26.2 Å². The highest BCUT2D eigenvalue weighted by Gasteiger charge is 2.26. The van der Waals surface area contributed by atoms with Gasteiger partial charge in [-0.2, -0.15) is 0 Å². The summed E-state index contributed by atoms with van der Waals surface area (Å²) in [7, 11) is 0. The van der Waals surface area contributed by atoms with E-state index in [0.29, 0.717) is 26.2 Å². The summed E-state index contributed by atoms with van der Waals surface area (Å²) in [6, 6.07) is 0. The lowest BCUT2D eigenvalue weighted by Crippen LogP contribution is -2.41. The van der Waals surface area contributed by atoms with E-state index in [0.717, 1.165) is 37.9 Å². The van der Waals surface area contributed by atoms with Crippen molar-refractivity contribution in [1.82, 2.24) is 20.1 Å². The second kappa shape index (κ2) is 8.09. The fourth-order valence-corrected chi connectivity index (χ4v) is 2.44. The first-order chi connectivity index (χ1) is 10.2. The first-order valence-corrected chi connectivity index (χ1v) is 7.76. The minimum absolute atomic E-state index is 0.0889. The Hall–Kier alpha value is -1.47. The molecule has 1 aliphatic rings. The number of aryl methyl sites for hydroxylation is 1. The summed E-state index contributed by atoms with van der Waals surface area (Å²) >= 11 is 0. The van der Waals surface area contributed by atoms with Crippen LogP contribution >= 0.6 is 0 Å². The van der Waals surface area contributed by atoms with E-state index in [4.69, 9.17) is 10.5 Å². The van der Waals surface area contributed by atoms with E-state index in [1.54, 1.807) is 0 Å². The monoisotopic (exact) mass is 295 g/mol. The Kier molecular flexibility index (Phi) is 6.13. The molecule has 1 amide bonds. The lowest BCUT2D eigenvalue weighted by Gasteiger charge is -2.31. The summed E-state index contributed by atoms with van der Waals surface area (Å²) in [6.45, 7) is 4.83. The van der Waals surface area contributed by atoms with Crippen LogP contribution < -0.4 is 5.73 Å². The predicted octanol–water partition coefficient (Wildman–Crippen LogP) is 0.727. The number of rotatable bonds is 7. The first-order valence-electron chi connectivity index (χ1n) is 7.76. The number of aromatic amines is 1. The number of carbonyl (C=O) groups is 1. The summed E-state index contributed by atoms with van der Waals surface area (Å²) in [6.07, 6.45) is 4.65. The van der Waals surface area contributed by atoms with E-state index in [-0.39, 0.29) is 17.8 Å². The van der Waals surface area contributed by atoms with Crippen LogP contribution in [0.15, 0.2) is 0 Å². The van der Waals surface area contributed by atoms with E-state index < -0.39 is 0 Å². The number of piperidine rings is 1. The molecule has 1 aromatic rings. The van der Waals surface area contributed by atoms with Crippen molar-refractivity contribution in [3.8, 4) is 0 Å². The molecule has 1 fully saturated rings. The Morgan fingerprint density at radius 3 is 2.90 bits per heavy atom. The maximum Gasteiger partial charge on any atom is 0.293 e. The molecule has 0 spiro atoms. The van der Waals surface area contributed by atoms with Crippen molar-refractivity contribution >= 4 is 5.91 Å². The number of nitrogens with zero attached hydrogens (tertiary/aromatic N) is 3. The summed E-state index contributed by atoms with van der Waals surface area (Å²) in [5, 5.41) is 6.84. The molecule has 1 aliphatic heterocycles. The van der Waals surface area contributed by atoms with E-state index in [1.165, 1.54) is 0 Å². The molecule has 0 radical (unpaired) electrons.